The predicted molar refractivity (Wildman–Crippen MR) is 132 cm³/mol. The molecule has 0 N–H and O–H groups in total. The molecule has 1 saturated carbocycles. The highest BCUT2D eigenvalue weighted by Gasteiger charge is 2.28. The van der Waals surface area contributed by atoms with Gasteiger partial charge in [-0.25, -0.2) is 4.68 Å². The molecule has 0 amide bonds. The van der Waals surface area contributed by atoms with E-state index in [0.29, 0.717) is 29.2 Å². The van der Waals surface area contributed by atoms with Gasteiger partial charge in [-0.2, -0.15) is 5.10 Å². The zero-order valence-corrected chi connectivity index (χ0v) is 20.9. The Kier molecular flexibility index (Phi) is 7.82. The van der Waals surface area contributed by atoms with Gasteiger partial charge in [0.1, 0.15) is 0 Å². The maximum absolute atomic E-state index is 5.56. The van der Waals surface area contributed by atoms with Gasteiger partial charge in [-0.3, -0.25) is 4.99 Å². The highest BCUT2D eigenvalue weighted by molar-refractivity contribution is 7.07. The molecule has 1 aromatic carbocycles. The maximum atomic E-state index is 5.56. The third kappa shape index (κ3) is 5.26. The molecule has 1 aromatic heterocycles. The van der Waals surface area contributed by atoms with Crippen LogP contribution in [0.5, 0.6) is 17.2 Å². The van der Waals surface area contributed by atoms with Crippen LogP contribution in [0.2, 0.25) is 0 Å². The Morgan fingerprint density at radius 2 is 1.72 bits per heavy atom. The summed E-state index contributed by atoms with van der Waals surface area (Å²) in [5, 5.41) is 7.16. The van der Waals surface area contributed by atoms with Crippen molar-refractivity contribution in [1.29, 1.82) is 0 Å². The summed E-state index contributed by atoms with van der Waals surface area (Å²) < 4.78 is 18.6. The summed E-state index contributed by atoms with van der Waals surface area (Å²) in [7, 11) is 4.86. The first-order chi connectivity index (χ1) is 15.3. The van der Waals surface area contributed by atoms with E-state index >= 15 is 0 Å². The molecular formula is C25H35N3O3S. The van der Waals surface area contributed by atoms with E-state index in [1.165, 1.54) is 18.6 Å². The topological polar surface area (TPSA) is 57.3 Å². The molecule has 174 valence electrons. The average Bonchev–Trinajstić information content (AvgIpc) is 3.18. The zero-order chi connectivity index (χ0) is 23.3. The summed E-state index contributed by atoms with van der Waals surface area (Å²) in [6.45, 7) is 11.4. The van der Waals surface area contributed by atoms with Crippen LogP contribution in [0, 0.1) is 11.3 Å². The third-order valence-corrected chi connectivity index (χ3v) is 6.88. The zero-order valence-electron chi connectivity index (χ0n) is 20.1. The average molecular weight is 458 g/mol. The lowest BCUT2D eigenvalue weighted by atomic mass is 9.72. The van der Waals surface area contributed by atoms with Crippen LogP contribution in [-0.4, -0.2) is 38.3 Å². The summed E-state index contributed by atoms with van der Waals surface area (Å²) in [6.07, 6.45) is 6.17. The van der Waals surface area contributed by atoms with Gasteiger partial charge in [0.05, 0.1) is 33.6 Å². The molecule has 0 aliphatic heterocycles. The van der Waals surface area contributed by atoms with Crippen molar-refractivity contribution in [2.45, 2.75) is 46.5 Å². The molecular weight excluding hydrogens is 422 g/mol. The fraction of sp³-hybridized carbons (Fsp3) is 0.520. The van der Waals surface area contributed by atoms with E-state index in [1.54, 1.807) is 38.7 Å². The van der Waals surface area contributed by atoms with E-state index in [-0.39, 0.29) is 0 Å². The second-order valence-electron chi connectivity index (χ2n) is 9.07. The van der Waals surface area contributed by atoms with Gasteiger partial charge in [0, 0.05) is 16.7 Å². The van der Waals surface area contributed by atoms with E-state index in [0.717, 1.165) is 34.8 Å². The van der Waals surface area contributed by atoms with E-state index in [4.69, 9.17) is 19.3 Å². The monoisotopic (exact) mass is 457 g/mol. The first kappa shape index (κ1) is 24.1. The molecule has 0 spiro atoms. The second-order valence-corrected chi connectivity index (χ2v) is 9.90. The highest BCUT2D eigenvalue weighted by atomic mass is 32.1. The Balaban J connectivity index is 2.06. The van der Waals surface area contributed by atoms with Crippen LogP contribution in [0.4, 0.5) is 0 Å². The lowest BCUT2D eigenvalue weighted by Crippen LogP contribution is -2.26. The summed E-state index contributed by atoms with van der Waals surface area (Å²) in [6, 6.07) is 3.90. The minimum atomic E-state index is 0.340. The lowest BCUT2D eigenvalue weighted by molar-refractivity contribution is 0.208. The first-order valence-electron chi connectivity index (χ1n) is 11.0. The number of rotatable bonds is 7. The van der Waals surface area contributed by atoms with Crippen LogP contribution in [-0.2, 0) is 0 Å². The second kappa shape index (κ2) is 10.4. The van der Waals surface area contributed by atoms with Gasteiger partial charge >= 0.3 is 0 Å². The summed E-state index contributed by atoms with van der Waals surface area (Å²) in [5.41, 5.74) is 3.44. The fourth-order valence-electron chi connectivity index (χ4n) is 4.13. The van der Waals surface area contributed by atoms with Crippen LogP contribution in [0.15, 0.2) is 40.3 Å². The molecule has 0 atom stereocenters. The molecule has 1 heterocycles. The number of hydrogen-bond donors (Lipinski definition) is 0. The molecule has 32 heavy (non-hydrogen) atoms. The van der Waals surface area contributed by atoms with E-state index in [2.05, 4.69) is 37.7 Å². The van der Waals surface area contributed by atoms with Crippen molar-refractivity contribution in [2.75, 3.05) is 27.9 Å². The number of methoxy groups -OCH3 is 3. The van der Waals surface area contributed by atoms with Crippen molar-refractivity contribution in [2.24, 2.45) is 21.4 Å². The molecule has 7 heteroatoms. The summed E-state index contributed by atoms with van der Waals surface area (Å²) >= 11 is 1.57. The third-order valence-electron chi connectivity index (χ3n) is 6.03. The Labute approximate surface area is 195 Å². The van der Waals surface area contributed by atoms with Gasteiger partial charge in [0.15, 0.2) is 11.5 Å². The number of aromatic nitrogens is 1. The Hall–Kier alpha value is -2.54. The van der Waals surface area contributed by atoms with E-state index < -0.39 is 0 Å². The Morgan fingerprint density at radius 1 is 1.09 bits per heavy atom. The van der Waals surface area contributed by atoms with Gasteiger partial charge in [-0.15, -0.1) is 17.9 Å². The normalized spacial score (nSPS) is 17.2. The maximum Gasteiger partial charge on any atom is 0.206 e. The summed E-state index contributed by atoms with van der Waals surface area (Å²) in [4.78, 5) is 5.52. The van der Waals surface area contributed by atoms with Crippen LogP contribution in [0.1, 0.15) is 46.5 Å². The van der Waals surface area contributed by atoms with Crippen molar-refractivity contribution in [1.82, 2.24) is 4.68 Å². The smallest absolute Gasteiger partial charge is 0.206 e. The van der Waals surface area contributed by atoms with Gasteiger partial charge in [-0.1, -0.05) is 26.8 Å². The molecule has 0 bridgehead atoms. The van der Waals surface area contributed by atoms with Crippen LogP contribution < -0.4 is 19.0 Å². The number of benzene rings is 1. The summed E-state index contributed by atoms with van der Waals surface area (Å²) in [5.74, 6) is 2.53. The molecule has 2 aromatic rings. The number of thiazole rings is 1. The SMILES string of the molecule is C=CCN=c1scc(-c2cc(OC)c(OC)c(OC)c2)n1N=C1CCC(C(C)(C)C)CC1. The highest BCUT2D eigenvalue weighted by Crippen LogP contribution is 2.41. The molecule has 3 rings (SSSR count). The molecule has 0 unspecified atom stereocenters. The lowest BCUT2D eigenvalue weighted by Gasteiger charge is -2.34. The largest absolute Gasteiger partial charge is 0.493 e. The fourth-order valence-corrected chi connectivity index (χ4v) is 4.97. The number of hydrogen-bond acceptors (Lipinski definition) is 6. The predicted octanol–water partition coefficient (Wildman–Crippen LogP) is 5.77. The van der Waals surface area contributed by atoms with E-state index in [1.807, 2.05) is 16.8 Å². The van der Waals surface area contributed by atoms with E-state index in [9.17, 15) is 0 Å². The molecule has 1 aliphatic rings. The Bertz CT molecular complexity index is 1010. The molecule has 6 nitrogen and oxygen atoms in total. The van der Waals surface area contributed by atoms with Gasteiger partial charge < -0.3 is 14.2 Å². The van der Waals surface area contributed by atoms with Gasteiger partial charge in [0.2, 0.25) is 10.6 Å². The number of nitrogens with zero attached hydrogens (tertiary/aromatic N) is 3. The van der Waals surface area contributed by atoms with Crippen molar-refractivity contribution >= 4 is 17.0 Å². The molecule has 0 radical (unpaired) electrons. The minimum Gasteiger partial charge on any atom is -0.493 e. The van der Waals surface area contributed by atoms with Crippen molar-refractivity contribution in [3.8, 4) is 28.5 Å². The minimum absolute atomic E-state index is 0.340. The van der Waals surface area contributed by atoms with Crippen LogP contribution >= 0.6 is 11.3 Å². The number of ether oxygens (including phenoxy) is 3. The van der Waals surface area contributed by atoms with Crippen molar-refractivity contribution in [3.63, 3.8) is 0 Å². The van der Waals surface area contributed by atoms with Crippen molar-refractivity contribution in [3.05, 3.63) is 35.0 Å². The molecule has 0 saturated heterocycles. The molecule has 1 fully saturated rings. The Morgan fingerprint density at radius 3 is 2.22 bits per heavy atom. The quantitative estimate of drug-likeness (QED) is 0.496. The standard InChI is InChI=1S/C25H35N3O3S/c1-8-13-26-24-28(27-19-11-9-18(10-12-19)25(2,3)4)20(16-32-24)17-14-21(29-5)23(31-7)22(15-17)30-6/h8,14-16,18H,1,9-13H2,2-7H3. The van der Waals surface area contributed by atoms with Gasteiger partial charge in [-0.05, 0) is 49.1 Å². The van der Waals surface area contributed by atoms with Gasteiger partial charge in [0.25, 0.3) is 0 Å². The van der Waals surface area contributed by atoms with Crippen molar-refractivity contribution < 1.29 is 14.2 Å². The van der Waals surface area contributed by atoms with Crippen LogP contribution in [0.25, 0.3) is 11.3 Å². The van der Waals surface area contributed by atoms with Crippen LogP contribution in [0.3, 0.4) is 0 Å². The first-order valence-corrected chi connectivity index (χ1v) is 11.9. The molecule has 1 aliphatic carbocycles.